The van der Waals surface area contributed by atoms with E-state index in [0.717, 1.165) is 26.2 Å². The molecule has 0 unspecified atom stereocenters. The molecule has 1 aliphatic heterocycles. The van der Waals surface area contributed by atoms with Gasteiger partial charge in [0.15, 0.2) is 5.76 Å². The summed E-state index contributed by atoms with van der Waals surface area (Å²) in [5.41, 5.74) is 0. The summed E-state index contributed by atoms with van der Waals surface area (Å²) in [5.74, 6) is 1.28. The first-order valence-corrected chi connectivity index (χ1v) is 6.63. The smallest absolute Gasteiger partial charge is 0.224 e. The third-order valence-electron chi connectivity index (χ3n) is 3.28. The quantitative estimate of drug-likeness (QED) is 0.828. The van der Waals surface area contributed by atoms with E-state index in [1.54, 1.807) is 23.1 Å². The van der Waals surface area contributed by atoms with Crippen LogP contribution in [0, 0.1) is 0 Å². The zero-order valence-corrected chi connectivity index (χ0v) is 11.0. The van der Waals surface area contributed by atoms with Gasteiger partial charge >= 0.3 is 0 Å². The third-order valence-corrected chi connectivity index (χ3v) is 3.28. The minimum absolute atomic E-state index is 0.132. The Morgan fingerprint density at radius 1 is 1.40 bits per heavy atom. The average Bonchev–Trinajstić information content (AvgIpc) is 3.16. The number of aromatic nitrogens is 4. The summed E-state index contributed by atoms with van der Waals surface area (Å²) in [6, 6.07) is 3.57. The van der Waals surface area contributed by atoms with E-state index in [9.17, 15) is 4.79 Å². The van der Waals surface area contributed by atoms with Crippen molar-refractivity contribution >= 4 is 5.91 Å². The van der Waals surface area contributed by atoms with Crippen molar-refractivity contribution in [1.82, 2.24) is 30.4 Å². The Morgan fingerprint density at radius 3 is 3.00 bits per heavy atom. The largest absolute Gasteiger partial charge is 0.461 e. The molecule has 1 aliphatic rings. The molecule has 0 aliphatic carbocycles. The van der Waals surface area contributed by atoms with Crippen LogP contribution in [-0.4, -0.2) is 57.2 Å². The monoisotopic (exact) mass is 276 g/mol. The first-order valence-electron chi connectivity index (χ1n) is 6.63. The number of furan rings is 1. The van der Waals surface area contributed by atoms with Crippen molar-refractivity contribution in [3.05, 3.63) is 18.4 Å². The van der Waals surface area contributed by atoms with Crippen LogP contribution in [0.25, 0.3) is 11.6 Å². The molecule has 0 atom stereocenters. The van der Waals surface area contributed by atoms with Gasteiger partial charge in [-0.1, -0.05) is 0 Å². The molecule has 3 heterocycles. The number of piperazine rings is 1. The molecule has 0 spiro atoms. The Kier molecular flexibility index (Phi) is 3.73. The van der Waals surface area contributed by atoms with E-state index < -0.39 is 0 Å². The Labute approximate surface area is 115 Å². The van der Waals surface area contributed by atoms with Crippen LogP contribution >= 0.6 is 0 Å². The molecule has 1 fully saturated rings. The van der Waals surface area contributed by atoms with Crippen molar-refractivity contribution < 1.29 is 9.21 Å². The second-order valence-electron chi connectivity index (χ2n) is 4.58. The molecule has 1 N–H and O–H groups in total. The molecule has 0 saturated carbocycles. The number of nitrogens with one attached hydrogen (secondary N) is 1. The Bertz CT molecular complexity index is 558. The zero-order chi connectivity index (χ0) is 13.8. The number of rotatable bonds is 4. The summed E-state index contributed by atoms with van der Waals surface area (Å²) in [5, 5.41) is 14.7. The molecule has 8 heteroatoms. The standard InChI is InChI=1S/C12H16N6O2/c19-11(17-7-4-13-5-8-17)3-6-18-12(14-15-16-18)10-2-1-9-20-10/h1-2,9,13H,3-8H2. The number of nitrogens with zero attached hydrogens (tertiary/aromatic N) is 5. The van der Waals surface area contributed by atoms with Crippen LogP contribution in [0.2, 0.25) is 0 Å². The summed E-state index contributed by atoms with van der Waals surface area (Å²) in [6.07, 6.45) is 1.96. The fraction of sp³-hybridized carbons (Fsp3) is 0.500. The molecular weight excluding hydrogens is 260 g/mol. The van der Waals surface area contributed by atoms with Crippen molar-refractivity contribution in [2.45, 2.75) is 13.0 Å². The molecule has 0 aromatic carbocycles. The fourth-order valence-corrected chi connectivity index (χ4v) is 2.21. The summed E-state index contributed by atoms with van der Waals surface area (Å²) >= 11 is 0. The topological polar surface area (TPSA) is 89.1 Å². The predicted octanol–water partition coefficient (Wildman–Crippen LogP) is -0.245. The van der Waals surface area contributed by atoms with Crippen LogP contribution in [-0.2, 0) is 11.3 Å². The van der Waals surface area contributed by atoms with Crippen LogP contribution in [0.15, 0.2) is 22.8 Å². The van der Waals surface area contributed by atoms with Crippen LogP contribution < -0.4 is 5.32 Å². The summed E-state index contributed by atoms with van der Waals surface area (Å²) in [7, 11) is 0. The van der Waals surface area contributed by atoms with Crippen molar-refractivity contribution in [3.8, 4) is 11.6 Å². The number of hydrogen-bond acceptors (Lipinski definition) is 6. The number of tetrazole rings is 1. The second-order valence-corrected chi connectivity index (χ2v) is 4.58. The average molecular weight is 276 g/mol. The highest BCUT2D eigenvalue weighted by Gasteiger charge is 2.17. The minimum Gasteiger partial charge on any atom is -0.461 e. The number of amides is 1. The molecule has 106 valence electrons. The van der Waals surface area contributed by atoms with Gasteiger partial charge in [0.05, 0.1) is 12.8 Å². The maximum Gasteiger partial charge on any atom is 0.224 e. The molecule has 2 aromatic rings. The summed E-state index contributed by atoms with van der Waals surface area (Å²) in [4.78, 5) is 14.0. The molecule has 1 amide bonds. The Hall–Kier alpha value is -2.22. The first-order chi connectivity index (χ1) is 9.84. The molecule has 1 saturated heterocycles. The lowest BCUT2D eigenvalue weighted by atomic mass is 10.3. The van der Waals surface area contributed by atoms with Crippen LogP contribution in [0.1, 0.15) is 6.42 Å². The molecular formula is C12H16N6O2. The van der Waals surface area contributed by atoms with Gasteiger partial charge in [-0.3, -0.25) is 4.79 Å². The molecule has 0 radical (unpaired) electrons. The van der Waals surface area contributed by atoms with E-state index >= 15 is 0 Å². The lowest BCUT2D eigenvalue weighted by Crippen LogP contribution is -2.46. The van der Waals surface area contributed by atoms with Gasteiger partial charge in [0.1, 0.15) is 0 Å². The van der Waals surface area contributed by atoms with Crippen molar-refractivity contribution in [2.75, 3.05) is 26.2 Å². The van der Waals surface area contributed by atoms with Crippen LogP contribution in [0.5, 0.6) is 0 Å². The molecule has 8 nitrogen and oxygen atoms in total. The number of carbonyl (C=O) groups is 1. The number of aryl methyl sites for hydroxylation is 1. The highest BCUT2D eigenvalue weighted by molar-refractivity contribution is 5.76. The van der Waals surface area contributed by atoms with E-state index in [0.29, 0.717) is 24.6 Å². The van der Waals surface area contributed by atoms with Gasteiger partial charge in [0.25, 0.3) is 0 Å². The fourth-order valence-electron chi connectivity index (χ4n) is 2.21. The predicted molar refractivity (Wildman–Crippen MR) is 69.6 cm³/mol. The second kappa shape index (κ2) is 5.83. The van der Waals surface area contributed by atoms with Crippen molar-refractivity contribution in [3.63, 3.8) is 0 Å². The van der Waals surface area contributed by atoms with E-state index in [-0.39, 0.29) is 5.91 Å². The van der Waals surface area contributed by atoms with Crippen LogP contribution in [0.3, 0.4) is 0 Å². The van der Waals surface area contributed by atoms with Gasteiger partial charge < -0.3 is 14.6 Å². The van der Waals surface area contributed by atoms with Gasteiger partial charge in [-0.25, -0.2) is 4.68 Å². The van der Waals surface area contributed by atoms with Crippen molar-refractivity contribution in [1.29, 1.82) is 0 Å². The molecule has 20 heavy (non-hydrogen) atoms. The third kappa shape index (κ3) is 2.69. The van der Waals surface area contributed by atoms with Crippen molar-refractivity contribution in [2.24, 2.45) is 0 Å². The first kappa shape index (κ1) is 12.8. The summed E-state index contributed by atoms with van der Waals surface area (Å²) in [6.45, 7) is 3.69. The maximum atomic E-state index is 12.1. The van der Waals surface area contributed by atoms with E-state index in [4.69, 9.17) is 4.42 Å². The van der Waals surface area contributed by atoms with E-state index in [1.165, 1.54) is 0 Å². The van der Waals surface area contributed by atoms with Gasteiger partial charge in [-0.2, -0.15) is 0 Å². The molecule has 3 rings (SSSR count). The lowest BCUT2D eigenvalue weighted by molar-refractivity contribution is -0.132. The summed E-state index contributed by atoms with van der Waals surface area (Å²) < 4.78 is 6.87. The Balaban J connectivity index is 1.61. The zero-order valence-electron chi connectivity index (χ0n) is 11.0. The highest BCUT2D eigenvalue weighted by Crippen LogP contribution is 2.15. The maximum absolute atomic E-state index is 12.1. The minimum atomic E-state index is 0.132. The highest BCUT2D eigenvalue weighted by atomic mass is 16.3. The van der Waals surface area contributed by atoms with Gasteiger partial charge in [-0.15, -0.1) is 5.10 Å². The lowest BCUT2D eigenvalue weighted by Gasteiger charge is -2.27. The van der Waals surface area contributed by atoms with Gasteiger partial charge in [0.2, 0.25) is 11.7 Å². The van der Waals surface area contributed by atoms with E-state index in [1.807, 2.05) is 4.90 Å². The van der Waals surface area contributed by atoms with Gasteiger partial charge in [0, 0.05) is 32.6 Å². The van der Waals surface area contributed by atoms with Gasteiger partial charge in [-0.05, 0) is 22.6 Å². The SMILES string of the molecule is O=C(CCn1nnnc1-c1ccco1)N1CCNCC1. The van der Waals surface area contributed by atoms with E-state index in [2.05, 4.69) is 20.8 Å². The Morgan fingerprint density at radius 2 is 2.25 bits per heavy atom. The molecule has 2 aromatic heterocycles. The number of carbonyl (C=O) groups excluding carboxylic acids is 1. The number of hydrogen-bond donors (Lipinski definition) is 1. The van der Waals surface area contributed by atoms with Crippen LogP contribution in [0.4, 0.5) is 0 Å². The molecule has 0 bridgehead atoms. The normalized spacial score (nSPS) is 15.5.